The van der Waals surface area contributed by atoms with E-state index in [-0.39, 0.29) is 6.54 Å². The van der Waals surface area contributed by atoms with Crippen molar-refractivity contribution in [2.24, 2.45) is 5.73 Å². The summed E-state index contributed by atoms with van der Waals surface area (Å²) >= 11 is 0. The first-order chi connectivity index (χ1) is 7.36. The molecule has 0 aliphatic rings. The number of hydrogen-bond acceptors (Lipinski definition) is 4. The molecule has 0 aromatic carbocycles. The largest absolute Gasteiger partial charge is 0.329 e. The summed E-state index contributed by atoms with van der Waals surface area (Å²) in [6.07, 6.45) is 0. The maximum Gasteiger partial charge on any atom is 0.236 e. The zero-order valence-electron chi connectivity index (χ0n) is 9.69. The lowest BCUT2D eigenvalue weighted by Crippen LogP contribution is -2.31. The van der Waals surface area contributed by atoms with E-state index in [0.29, 0.717) is 11.4 Å². The molecule has 5 nitrogen and oxygen atoms in total. The van der Waals surface area contributed by atoms with Gasteiger partial charge in [-0.1, -0.05) is 0 Å². The van der Waals surface area contributed by atoms with E-state index in [9.17, 15) is 8.42 Å². The Morgan fingerprint density at radius 3 is 2.56 bits per heavy atom. The Bertz CT molecular complexity index is 471. The summed E-state index contributed by atoms with van der Waals surface area (Å²) in [5, 5.41) is -0.617. The van der Waals surface area contributed by atoms with Gasteiger partial charge in [-0.25, -0.2) is 8.42 Å². The lowest BCUT2D eigenvalue weighted by molar-refractivity contribution is 0.589. The van der Waals surface area contributed by atoms with Gasteiger partial charge < -0.3 is 5.73 Å². The molecule has 0 fully saturated rings. The Hall–Kier alpha value is -1.14. The molecule has 0 spiro atoms. The highest BCUT2D eigenvalue weighted by atomic mass is 32.2. The minimum atomic E-state index is -3.41. The molecular formula is C10H17N3O2S. The zero-order chi connectivity index (χ0) is 12.3. The van der Waals surface area contributed by atoms with Crippen molar-refractivity contribution in [1.29, 1.82) is 0 Å². The van der Waals surface area contributed by atoms with Crippen LogP contribution in [0.4, 0.5) is 5.69 Å². The summed E-state index contributed by atoms with van der Waals surface area (Å²) in [4.78, 5) is 4.18. The van der Waals surface area contributed by atoms with Crippen LogP contribution in [0.5, 0.6) is 0 Å². The van der Waals surface area contributed by atoms with Crippen LogP contribution in [-0.4, -0.2) is 25.2 Å². The van der Waals surface area contributed by atoms with Gasteiger partial charge in [0.1, 0.15) is 0 Å². The van der Waals surface area contributed by atoms with E-state index in [1.165, 1.54) is 0 Å². The Labute approximate surface area is 96.1 Å². The van der Waals surface area contributed by atoms with Gasteiger partial charge in [-0.2, -0.15) is 0 Å². The maximum absolute atomic E-state index is 11.7. The average molecular weight is 243 g/mol. The molecule has 1 aromatic rings. The molecule has 1 heterocycles. The third-order valence-corrected chi connectivity index (χ3v) is 4.10. The topological polar surface area (TPSA) is 85.1 Å². The average Bonchev–Trinajstić information content (AvgIpc) is 2.21. The summed E-state index contributed by atoms with van der Waals surface area (Å²) in [5.41, 5.74) is 7.36. The molecule has 0 radical (unpaired) electrons. The molecule has 0 aliphatic carbocycles. The predicted molar refractivity (Wildman–Crippen MR) is 64.8 cm³/mol. The second-order valence-electron chi connectivity index (χ2n) is 3.78. The van der Waals surface area contributed by atoms with Gasteiger partial charge >= 0.3 is 0 Å². The van der Waals surface area contributed by atoms with Crippen molar-refractivity contribution in [3.63, 3.8) is 0 Å². The van der Waals surface area contributed by atoms with Crippen LogP contribution in [0.3, 0.4) is 0 Å². The first-order valence-corrected chi connectivity index (χ1v) is 6.57. The number of hydrogen-bond donors (Lipinski definition) is 2. The number of nitrogens with two attached hydrogens (primary N) is 1. The van der Waals surface area contributed by atoms with E-state index in [1.54, 1.807) is 26.0 Å². The lowest BCUT2D eigenvalue weighted by atomic mass is 10.3. The number of sulfonamides is 1. The predicted octanol–water partition coefficient (Wildman–Crippen LogP) is 0.787. The molecule has 0 aliphatic heterocycles. The first kappa shape index (κ1) is 12.9. The Kier molecular flexibility index (Phi) is 3.88. The molecule has 1 aromatic heterocycles. The molecule has 0 amide bonds. The second-order valence-corrected chi connectivity index (χ2v) is 5.88. The number of anilines is 1. The van der Waals surface area contributed by atoms with E-state index < -0.39 is 15.3 Å². The number of pyridine rings is 1. The molecule has 16 heavy (non-hydrogen) atoms. The monoisotopic (exact) mass is 243 g/mol. The fourth-order valence-corrected chi connectivity index (χ4v) is 2.15. The van der Waals surface area contributed by atoms with Gasteiger partial charge in [0, 0.05) is 12.2 Å². The number of nitrogens with one attached hydrogen (secondary N) is 1. The van der Waals surface area contributed by atoms with Gasteiger partial charge in [-0.05, 0) is 32.9 Å². The number of aromatic nitrogens is 1. The van der Waals surface area contributed by atoms with E-state index in [4.69, 9.17) is 5.73 Å². The summed E-state index contributed by atoms with van der Waals surface area (Å²) < 4.78 is 26.0. The minimum Gasteiger partial charge on any atom is -0.329 e. The lowest BCUT2D eigenvalue weighted by Gasteiger charge is -2.14. The third kappa shape index (κ3) is 2.93. The van der Waals surface area contributed by atoms with Crippen molar-refractivity contribution >= 4 is 15.7 Å². The SMILES string of the molecule is Cc1ccc(NS(=O)(=O)C(C)CN)c(C)n1. The van der Waals surface area contributed by atoms with Gasteiger partial charge in [0.05, 0.1) is 16.6 Å². The second kappa shape index (κ2) is 4.80. The van der Waals surface area contributed by atoms with E-state index in [1.807, 2.05) is 6.92 Å². The quantitative estimate of drug-likeness (QED) is 0.818. The highest BCUT2D eigenvalue weighted by Crippen LogP contribution is 2.15. The van der Waals surface area contributed by atoms with Crippen molar-refractivity contribution in [1.82, 2.24) is 4.98 Å². The van der Waals surface area contributed by atoms with Crippen molar-refractivity contribution in [2.75, 3.05) is 11.3 Å². The molecule has 1 rings (SSSR count). The van der Waals surface area contributed by atoms with Crippen molar-refractivity contribution in [3.05, 3.63) is 23.5 Å². The highest BCUT2D eigenvalue weighted by molar-refractivity contribution is 7.93. The molecular weight excluding hydrogens is 226 g/mol. The summed E-state index contributed by atoms with van der Waals surface area (Å²) in [7, 11) is -3.41. The standard InChI is InChI=1S/C10H17N3O2S/c1-7-4-5-10(9(3)12-7)13-16(14,15)8(2)6-11/h4-5,8,13H,6,11H2,1-3H3. The van der Waals surface area contributed by atoms with E-state index in [2.05, 4.69) is 9.71 Å². The van der Waals surface area contributed by atoms with Gasteiger partial charge in [-0.15, -0.1) is 0 Å². The van der Waals surface area contributed by atoms with Gasteiger partial charge in [0.25, 0.3) is 0 Å². The normalized spacial score (nSPS) is 13.5. The summed E-state index contributed by atoms with van der Waals surface area (Å²) in [6, 6.07) is 3.47. The van der Waals surface area contributed by atoms with Crippen LogP contribution in [0.25, 0.3) is 0 Å². The van der Waals surface area contributed by atoms with Crippen molar-refractivity contribution in [3.8, 4) is 0 Å². The molecule has 90 valence electrons. The van der Waals surface area contributed by atoms with E-state index in [0.717, 1.165) is 5.69 Å². The van der Waals surface area contributed by atoms with Crippen LogP contribution in [0.2, 0.25) is 0 Å². The van der Waals surface area contributed by atoms with Gasteiger partial charge in [0.15, 0.2) is 0 Å². The fraction of sp³-hybridized carbons (Fsp3) is 0.500. The smallest absolute Gasteiger partial charge is 0.236 e. The minimum absolute atomic E-state index is 0.0909. The van der Waals surface area contributed by atoms with Crippen molar-refractivity contribution in [2.45, 2.75) is 26.0 Å². The summed E-state index contributed by atoms with van der Waals surface area (Å²) in [5.74, 6) is 0. The third-order valence-electron chi connectivity index (χ3n) is 2.34. The molecule has 6 heteroatoms. The van der Waals surface area contributed by atoms with Crippen LogP contribution in [-0.2, 0) is 10.0 Å². The van der Waals surface area contributed by atoms with E-state index >= 15 is 0 Å². The van der Waals surface area contributed by atoms with Crippen molar-refractivity contribution < 1.29 is 8.42 Å². The highest BCUT2D eigenvalue weighted by Gasteiger charge is 2.19. The Morgan fingerprint density at radius 2 is 2.06 bits per heavy atom. The number of rotatable bonds is 4. The van der Waals surface area contributed by atoms with Crippen LogP contribution < -0.4 is 10.5 Å². The Balaban J connectivity index is 2.97. The molecule has 0 saturated carbocycles. The molecule has 3 N–H and O–H groups in total. The molecule has 1 atom stereocenters. The summed E-state index contributed by atoms with van der Waals surface area (Å²) in [6.45, 7) is 5.28. The molecule has 0 saturated heterocycles. The fourth-order valence-electron chi connectivity index (χ4n) is 1.17. The molecule has 1 unspecified atom stereocenters. The van der Waals surface area contributed by atoms with Crippen LogP contribution in [0, 0.1) is 13.8 Å². The number of nitrogens with zero attached hydrogens (tertiary/aromatic N) is 1. The maximum atomic E-state index is 11.7. The van der Waals surface area contributed by atoms with Gasteiger partial charge in [-0.3, -0.25) is 9.71 Å². The zero-order valence-corrected chi connectivity index (χ0v) is 10.5. The Morgan fingerprint density at radius 1 is 1.44 bits per heavy atom. The van der Waals surface area contributed by atoms with Gasteiger partial charge in [0.2, 0.25) is 10.0 Å². The first-order valence-electron chi connectivity index (χ1n) is 5.02. The molecule has 0 bridgehead atoms. The van der Waals surface area contributed by atoms with Crippen LogP contribution in [0.15, 0.2) is 12.1 Å². The number of aryl methyl sites for hydroxylation is 2. The van der Waals surface area contributed by atoms with Crippen LogP contribution in [0.1, 0.15) is 18.3 Å². The van der Waals surface area contributed by atoms with Crippen LogP contribution >= 0.6 is 0 Å².